The highest BCUT2D eigenvalue weighted by Gasteiger charge is 2.21. The Morgan fingerprint density at radius 3 is 2.68 bits per heavy atom. The lowest BCUT2D eigenvalue weighted by Gasteiger charge is -2.32. The zero-order valence-corrected chi connectivity index (χ0v) is 11.0. The molecule has 1 heterocycles. The fraction of sp³-hybridized carbons (Fsp3) is 0.500. The molecule has 1 amide bonds. The van der Waals surface area contributed by atoms with E-state index in [0.29, 0.717) is 6.04 Å². The monoisotopic (exact) mass is 268 g/mol. The summed E-state index contributed by atoms with van der Waals surface area (Å²) in [5.41, 5.74) is -0.364. The van der Waals surface area contributed by atoms with Gasteiger partial charge in [0.1, 0.15) is 17.3 Å². The van der Waals surface area contributed by atoms with Crippen LogP contribution in [0.4, 0.5) is 14.5 Å². The Hall–Kier alpha value is -1.49. The van der Waals surface area contributed by atoms with Crippen LogP contribution in [0.1, 0.15) is 26.2 Å². The summed E-state index contributed by atoms with van der Waals surface area (Å²) in [6.07, 6.45) is 3.29. The number of carbonyl (C=O) groups excluding carboxylic acids is 1. The zero-order valence-electron chi connectivity index (χ0n) is 11.0. The molecule has 1 aliphatic heterocycles. The average molecular weight is 268 g/mol. The number of likely N-dealkylation sites (tertiary alicyclic amines) is 1. The first kappa shape index (κ1) is 13.9. The molecule has 1 N–H and O–H groups in total. The number of carbonyl (C=O) groups is 1. The fourth-order valence-electron chi connectivity index (χ4n) is 2.37. The van der Waals surface area contributed by atoms with E-state index in [0.717, 1.165) is 31.5 Å². The van der Waals surface area contributed by atoms with E-state index in [1.54, 1.807) is 0 Å². The Labute approximate surface area is 111 Å². The van der Waals surface area contributed by atoms with Crippen LogP contribution in [0.25, 0.3) is 0 Å². The molecule has 104 valence electrons. The molecule has 1 saturated heterocycles. The minimum Gasteiger partial charge on any atom is -0.320 e. The van der Waals surface area contributed by atoms with Crippen molar-refractivity contribution in [3.8, 4) is 0 Å². The van der Waals surface area contributed by atoms with Crippen molar-refractivity contribution in [1.82, 2.24) is 4.90 Å². The Kier molecular flexibility index (Phi) is 4.47. The molecule has 3 nitrogen and oxygen atoms in total. The summed E-state index contributed by atoms with van der Waals surface area (Å²) >= 11 is 0. The maximum absolute atomic E-state index is 13.4. The van der Waals surface area contributed by atoms with Gasteiger partial charge in [0.05, 0.1) is 6.54 Å². The minimum atomic E-state index is -0.750. The van der Waals surface area contributed by atoms with Crippen LogP contribution in [0.2, 0.25) is 0 Å². The number of rotatable bonds is 3. The Morgan fingerprint density at radius 2 is 2.05 bits per heavy atom. The molecule has 0 spiro atoms. The molecule has 1 aliphatic rings. The van der Waals surface area contributed by atoms with Crippen molar-refractivity contribution in [3.05, 3.63) is 29.8 Å². The van der Waals surface area contributed by atoms with Crippen molar-refractivity contribution in [3.63, 3.8) is 0 Å². The average Bonchev–Trinajstić information content (AvgIpc) is 2.37. The smallest absolute Gasteiger partial charge is 0.238 e. The van der Waals surface area contributed by atoms with Crippen molar-refractivity contribution in [2.24, 2.45) is 0 Å². The van der Waals surface area contributed by atoms with Gasteiger partial charge in [-0.05, 0) is 38.4 Å². The number of piperidine rings is 1. The van der Waals surface area contributed by atoms with Crippen molar-refractivity contribution >= 4 is 11.6 Å². The summed E-state index contributed by atoms with van der Waals surface area (Å²) in [6, 6.07) is 3.86. The van der Waals surface area contributed by atoms with Crippen LogP contribution in [-0.2, 0) is 4.79 Å². The highest BCUT2D eigenvalue weighted by molar-refractivity contribution is 5.92. The van der Waals surface area contributed by atoms with Gasteiger partial charge in [0, 0.05) is 6.04 Å². The second-order valence-corrected chi connectivity index (χ2v) is 4.96. The fourth-order valence-corrected chi connectivity index (χ4v) is 2.37. The van der Waals surface area contributed by atoms with E-state index in [2.05, 4.69) is 12.2 Å². The number of nitrogens with zero attached hydrogens (tertiary/aromatic N) is 1. The molecule has 1 aromatic carbocycles. The lowest BCUT2D eigenvalue weighted by molar-refractivity contribution is -0.118. The van der Waals surface area contributed by atoms with Gasteiger partial charge in [-0.2, -0.15) is 0 Å². The molecule has 0 aromatic heterocycles. The molecular formula is C14H18F2N2O. The van der Waals surface area contributed by atoms with Crippen LogP contribution in [0.3, 0.4) is 0 Å². The van der Waals surface area contributed by atoms with Crippen LogP contribution in [0.15, 0.2) is 18.2 Å². The van der Waals surface area contributed by atoms with Crippen molar-refractivity contribution in [2.75, 3.05) is 18.4 Å². The summed E-state index contributed by atoms with van der Waals surface area (Å²) in [6.45, 7) is 3.10. The van der Waals surface area contributed by atoms with Gasteiger partial charge in [-0.15, -0.1) is 0 Å². The third-order valence-corrected chi connectivity index (χ3v) is 3.51. The molecule has 5 heteroatoms. The number of hydrogen-bond acceptors (Lipinski definition) is 2. The van der Waals surface area contributed by atoms with E-state index in [1.165, 1.54) is 12.5 Å². The van der Waals surface area contributed by atoms with Crippen LogP contribution >= 0.6 is 0 Å². The van der Waals surface area contributed by atoms with Crippen molar-refractivity contribution in [1.29, 1.82) is 0 Å². The van der Waals surface area contributed by atoms with E-state index in [9.17, 15) is 13.6 Å². The van der Waals surface area contributed by atoms with E-state index < -0.39 is 11.6 Å². The lowest BCUT2D eigenvalue weighted by atomic mass is 10.0. The largest absolute Gasteiger partial charge is 0.320 e. The number of amides is 1. The van der Waals surface area contributed by atoms with Gasteiger partial charge in [-0.3, -0.25) is 9.69 Å². The van der Waals surface area contributed by atoms with Gasteiger partial charge in [-0.1, -0.05) is 12.5 Å². The molecule has 0 bridgehead atoms. The molecule has 0 saturated carbocycles. The molecule has 1 fully saturated rings. The van der Waals surface area contributed by atoms with E-state index >= 15 is 0 Å². The van der Waals surface area contributed by atoms with Gasteiger partial charge in [0.2, 0.25) is 5.91 Å². The van der Waals surface area contributed by atoms with Crippen LogP contribution in [0, 0.1) is 11.6 Å². The SMILES string of the molecule is C[C@H]1CCCCN1CC(=O)Nc1c(F)cccc1F. The third kappa shape index (κ3) is 3.50. The number of para-hydroxylation sites is 1. The highest BCUT2D eigenvalue weighted by Crippen LogP contribution is 2.19. The number of benzene rings is 1. The lowest BCUT2D eigenvalue weighted by Crippen LogP contribution is -2.42. The van der Waals surface area contributed by atoms with E-state index in [-0.39, 0.29) is 18.1 Å². The van der Waals surface area contributed by atoms with Gasteiger partial charge < -0.3 is 5.32 Å². The summed E-state index contributed by atoms with van der Waals surface area (Å²) < 4.78 is 26.8. The number of halogens is 2. The summed E-state index contributed by atoms with van der Waals surface area (Å²) in [5.74, 6) is -1.88. The highest BCUT2D eigenvalue weighted by atomic mass is 19.1. The Morgan fingerprint density at radius 1 is 1.37 bits per heavy atom. The third-order valence-electron chi connectivity index (χ3n) is 3.51. The quantitative estimate of drug-likeness (QED) is 0.914. The number of anilines is 1. The van der Waals surface area contributed by atoms with Crippen LogP contribution in [-0.4, -0.2) is 29.9 Å². The Bertz CT molecular complexity index is 445. The molecule has 1 atom stereocenters. The second kappa shape index (κ2) is 6.10. The topological polar surface area (TPSA) is 32.3 Å². The Balaban J connectivity index is 1.97. The molecule has 19 heavy (non-hydrogen) atoms. The predicted octanol–water partition coefficient (Wildman–Crippen LogP) is 2.78. The molecule has 0 unspecified atom stereocenters. The number of hydrogen-bond donors (Lipinski definition) is 1. The molecular weight excluding hydrogens is 250 g/mol. The summed E-state index contributed by atoms with van der Waals surface area (Å²) in [4.78, 5) is 13.9. The standard InChI is InChI=1S/C14H18F2N2O/c1-10-5-2-3-8-18(10)9-13(19)17-14-11(15)6-4-7-12(14)16/h4,6-7,10H,2-3,5,8-9H2,1H3,(H,17,19)/t10-/m0/s1. The number of nitrogens with one attached hydrogen (secondary N) is 1. The predicted molar refractivity (Wildman–Crippen MR) is 69.9 cm³/mol. The molecule has 0 radical (unpaired) electrons. The first-order valence-electron chi connectivity index (χ1n) is 6.56. The van der Waals surface area contributed by atoms with Crippen LogP contribution < -0.4 is 5.32 Å². The first-order valence-corrected chi connectivity index (χ1v) is 6.56. The summed E-state index contributed by atoms with van der Waals surface area (Å²) in [7, 11) is 0. The van der Waals surface area contributed by atoms with Gasteiger partial charge >= 0.3 is 0 Å². The molecule has 2 rings (SSSR count). The molecule has 1 aromatic rings. The summed E-state index contributed by atoms with van der Waals surface area (Å²) in [5, 5.41) is 2.32. The van der Waals surface area contributed by atoms with Gasteiger partial charge in [0.15, 0.2) is 0 Å². The maximum Gasteiger partial charge on any atom is 0.238 e. The van der Waals surface area contributed by atoms with E-state index in [1.807, 2.05) is 4.90 Å². The minimum absolute atomic E-state index is 0.176. The second-order valence-electron chi connectivity index (χ2n) is 4.96. The first-order chi connectivity index (χ1) is 9.08. The van der Waals surface area contributed by atoms with Gasteiger partial charge in [-0.25, -0.2) is 8.78 Å². The molecule has 0 aliphatic carbocycles. The van der Waals surface area contributed by atoms with Crippen LogP contribution in [0.5, 0.6) is 0 Å². The van der Waals surface area contributed by atoms with Crippen molar-refractivity contribution in [2.45, 2.75) is 32.2 Å². The van der Waals surface area contributed by atoms with Crippen molar-refractivity contribution < 1.29 is 13.6 Å². The normalized spacial score (nSPS) is 20.3. The zero-order chi connectivity index (χ0) is 13.8. The van der Waals surface area contributed by atoms with E-state index in [4.69, 9.17) is 0 Å². The van der Waals surface area contributed by atoms with Gasteiger partial charge in [0.25, 0.3) is 0 Å². The maximum atomic E-state index is 13.4.